The Morgan fingerprint density at radius 1 is 1.24 bits per heavy atom. The van der Waals surface area contributed by atoms with E-state index in [4.69, 9.17) is 4.74 Å². The lowest BCUT2D eigenvalue weighted by atomic mass is 9.74. The normalized spacial score (nSPS) is 17.9. The molecule has 1 saturated heterocycles. The summed E-state index contributed by atoms with van der Waals surface area (Å²) in [6.07, 6.45) is -1.62. The summed E-state index contributed by atoms with van der Waals surface area (Å²) >= 11 is 0. The molecule has 6 nitrogen and oxygen atoms in total. The number of aromatic nitrogens is 3. The highest BCUT2D eigenvalue weighted by molar-refractivity contribution is 5.76. The van der Waals surface area contributed by atoms with Crippen molar-refractivity contribution in [2.75, 3.05) is 25.1 Å². The zero-order valence-electron chi connectivity index (χ0n) is 16.5. The summed E-state index contributed by atoms with van der Waals surface area (Å²) in [5.41, 5.74) is -1.50. The molecular weight excluding hydrogens is 385 g/mol. The number of alkyl halides is 3. The Hall–Kier alpha value is -2.71. The molecule has 0 aromatic carbocycles. The molecule has 0 amide bonds. The van der Waals surface area contributed by atoms with Crippen LogP contribution in [-0.4, -0.2) is 41.1 Å². The first-order valence-corrected chi connectivity index (χ1v) is 9.34. The minimum absolute atomic E-state index is 0.0775. The molecule has 1 fully saturated rings. The number of methoxy groups -OCH3 is 1. The first-order valence-electron chi connectivity index (χ1n) is 9.34. The number of hydrogen-bond donors (Lipinski definition) is 0. The first-order chi connectivity index (χ1) is 13.6. The van der Waals surface area contributed by atoms with Crippen LogP contribution in [0.15, 0.2) is 30.5 Å². The number of hydrogen-bond acceptors (Lipinski definition) is 6. The standard InChI is InChI=1S/C20H23F3N4O2/c1-19(2,18(28)29-3)13-7-6-10-27(12-13)16-11-15(20(21,22)23)25-17(26-16)14-8-4-5-9-24-14/h4-5,8-9,11,13H,6-7,10,12H2,1-3H3. The molecule has 1 aliphatic rings. The van der Waals surface area contributed by atoms with Gasteiger partial charge < -0.3 is 9.64 Å². The molecule has 0 spiro atoms. The molecule has 0 aliphatic carbocycles. The summed E-state index contributed by atoms with van der Waals surface area (Å²) in [7, 11) is 1.34. The van der Waals surface area contributed by atoms with Crippen molar-refractivity contribution >= 4 is 11.8 Å². The van der Waals surface area contributed by atoms with E-state index in [1.165, 1.54) is 13.3 Å². The van der Waals surface area contributed by atoms with Gasteiger partial charge in [0.25, 0.3) is 0 Å². The van der Waals surface area contributed by atoms with E-state index in [1.54, 1.807) is 36.9 Å². The van der Waals surface area contributed by atoms with E-state index in [2.05, 4.69) is 15.0 Å². The van der Waals surface area contributed by atoms with Gasteiger partial charge >= 0.3 is 12.1 Å². The third-order valence-electron chi connectivity index (χ3n) is 5.37. The second kappa shape index (κ2) is 7.96. The predicted molar refractivity (Wildman–Crippen MR) is 101 cm³/mol. The molecule has 1 aliphatic heterocycles. The highest BCUT2D eigenvalue weighted by Gasteiger charge is 2.41. The maximum absolute atomic E-state index is 13.5. The van der Waals surface area contributed by atoms with E-state index in [1.807, 2.05) is 0 Å². The Labute approximate surface area is 167 Å². The van der Waals surface area contributed by atoms with Gasteiger partial charge in [-0.15, -0.1) is 0 Å². The number of anilines is 1. The molecule has 156 valence electrons. The van der Waals surface area contributed by atoms with Crippen LogP contribution in [0.2, 0.25) is 0 Å². The Morgan fingerprint density at radius 2 is 2.00 bits per heavy atom. The van der Waals surface area contributed by atoms with Crippen molar-refractivity contribution in [1.82, 2.24) is 15.0 Å². The minimum atomic E-state index is -4.61. The van der Waals surface area contributed by atoms with E-state index in [-0.39, 0.29) is 29.2 Å². The zero-order chi connectivity index (χ0) is 21.2. The van der Waals surface area contributed by atoms with Gasteiger partial charge in [0, 0.05) is 25.4 Å². The average molecular weight is 408 g/mol. The van der Waals surface area contributed by atoms with Crippen LogP contribution in [0.25, 0.3) is 11.5 Å². The largest absolute Gasteiger partial charge is 0.469 e. The van der Waals surface area contributed by atoms with E-state index < -0.39 is 17.3 Å². The van der Waals surface area contributed by atoms with Gasteiger partial charge in [0.2, 0.25) is 0 Å². The molecule has 0 N–H and O–H groups in total. The number of nitrogens with zero attached hydrogens (tertiary/aromatic N) is 4. The maximum Gasteiger partial charge on any atom is 0.433 e. The minimum Gasteiger partial charge on any atom is -0.469 e. The summed E-state index contributed by atoms with van der Waals surface area (Å²) in [4.78, 5) is 26.1. The molecule has 0 radical (unpaired) electrons. The van der Waals surface area contributed by atoms with Gasteiger partial charge in [0.1, 0.15) is 11.5 Å². The van der Waals surface area contributed by atoms with E-state index in [0.29, 0.717) is 13.1 Å². The van der Waals surface area contributed by atoms with Gasteiger partial charge in [-0.1, -0.05) is 6.07 Å². The number of carbonyl (C=O) groups is 1. The lowest BCUT2D eigenvalue weighted by molar-refractivity contribution is -0.154. The summed E-state index contributed by atoms with van der Waals surface area (Å²) in [5.74, 6) is -0.313. The Kier molecular flexibility index (Phi) is 5.77. The second-order valence-electron chi connectivity index (χ2n) is 7.65. The fourth-order valence-corrected chi connectivity index (χ4v) is 3.56. The molecular formula is C20H23F3N4O2. The van der Waals surface area contributed by atoms with Gasteiger partial charge in [-0.3, -0.25) is 9.78 Å². The van der Waals surface area contributed by atoms with Crippen LogP contribution < -0.4 is 4.90 Å². The highest BCUT2D eigenvalue weighted by Crippen LogP contribution is 2.37. The summed E-state index contributed by atoms with van der Waals surface area (Å²) < 4.78 is 45.3. The zero-order valence-corrected chi connectivity index (χ0v) is 16.5. The lowest BCUT2D eigenvalue weighted by Gasteiger charge is -2.40. The molecule has 0 bridgehead atoms. The van der Waals surface area contributed by atoms with Crippen molar-refractivity contribution in [3.05, 3.63) is 36.2 Å². The van der Waals surface area contributed by atoms with Crippen LogP contribution in [0.3, 0.4) is 0 Å². The number of ether oxygens (including phenoxy) is 1. The van der Waals surface area contributed by atoms with Crippen molar-refractivity contribution in [1.29, 1.82) is 0 Å². The first kappa shape index (κ1) is 21.0. The number of halogens is 3. The van der Waals surface area contributed by atoms with E-state index in [0.717, 1.165) is 18.9 Å². The maximum atomic E-state index is 13.5. The summed E-state index contributed by atoms with van der Waals surface area (Å²) in [5, 5.41) is 0. The molecule has 2 aromatic rings. The van der Waals surface area contributed by atoms with Gasteiger partial charge in [0.05, 0.1) is 12.5 Å². The second-order valence-corrected chi connectivity index (χ2v) is 7.65. The fourth-order valence-electron chi connectivity index (χ4n) is 3.56. The SMILES string of the molecule is COC(=O)C(C)(C)C1CCCN(c2cc(C(F)(F)F)nc(-c3ccccn3)n2)C1. The molecule has 9 heteroatoms. The van der Waals surface area contributed by atoms with Crippen LogP contribution >= 0.6 is 0 Å². The molecule has 0 saturated carbocycles. The molecule has 3 rings (SSSR count). The Bertz CT molecular complexity index is 872. The van der Waals surface area contributed by atoms with Crippen molar-refractivity contribution in [3.8, 4) is 11.5 Å². The van der Waals surface area contributed by atoms with Crippen LogP contribution in [-0.2, 0) is 15.7 Å². The van der Waals surface area contributed by atoms with Crippen LogP contribution in [0.5, 0.6) is 0 Å². The van der Waals surface area contributed by atoms with Gasteiger partial charge in [-0.25, -0.2) is 9.97 Å². The van der Waals surface area contributed by atoms with Gasteiger partial charge in [0.15, 0.2) is 11.5 Å². The lowest BCUT2D eigenvalue weighted by Crippen LogP contribution is -2.45. The van der Waals surface area contributed by atoms with Crippen molar-refractivity contribution in [3.63, 3.8) is 0 Å². The topological polar surface area (TPSA) is 68.2 Å². The molecule has 1 unspecified atom stereocenters. The van der Waals surface area contributed by atoms with Crippen molar-refractivity contribution in [2.24, 2.45) is 11.3 Å². The van der Waals surface area contributed by atoms with Crippen LogP contribution in [0.1, 0.15) is 32.4 Å². The number of pyridine rings is 1. The monoisotopic (exact) mass is 408 g/mol. The van der Waals surface area contributed by atoms with Crippen molar-refractivity contribution < 1.29 is 22.7 Å². The smallest absolute Gasteiger partial charge is 0.433 e. The van der Waals surface area contributed by atoms with E-state index >= 15 is 0 Å². The van der Waals surface area contributed by atoms with Crippen molar-refractivity contribution in [2.45, 2.75) is 32.9 Å². The predicted octanol–water partition coefficient (Wildman–Crippen LogP) is 3.97. The van der Waals surface area contributed by atoms with E-state index in [9.17, 15) is 18.0 Å². The molecule has 1 atom stereocenters. The third kappa shape index (κ3) is 4.49. The average Bonchev–Trinajstić information content (AvgIpc) is 2.72. The van der Waals surface area contributed by atoms with Crippen LogP contribution in [0.4, 0.5) is 19.0 Å². The quantitative estimate of drug-likeness (QED) is 0.713. The summed E-state index contributed by atoms with van der Waals surface area (Å²) in [6, 6.07) is 5.86. The fraction of sp³-hybridized carbons (Fsp3) is 0.500. The van der Waals surface area contributed by atoms with Crippen LogP contribution in [0, 0.1) is 11.3 Å². The molecule has 29 heavy (non-hydrogen) atoms. The number of piperidine rings is 1. The molecule has 2 aromatic heterocycles. The van der Waals surface area contributed by atoms with Gasteiger partial charge in [-0.2, -0.15) is 13.2 Å². The Balaban J connectivity index is 1.98. The molecule has 3 heterocycles. The summed E-state index contributed by atoms with van der Waals surface area (Å²) in [6.45, 7) is 4.54. The highest BCUT2D eigenvalue weighted by atomic mass is 19.4. The number of rotatable bonds is 4. The van der Waals surface area contributed by atoms with Gasteiger partial charge in [-0.05, 0) is 44.7 Å². The number of carbonyl (C=O) groups excluding carboxylic acids is 1. The number of esters is 1. The Morgan fingerprint density at radius 3 is 2.62 bits per heavy atom. The third-order valence-corrected chi connectivity index (χ3v) is 5.37.